The summed E-state index contributed by atoms with van der Waals surface area (Å²) in [6.45, 7) is 1.54. The molecule has 17 heavy (non-hydrogen) atoms. The van der Waals surface area contributed by atoms with E-state index in [2.05, 4.69) is 10.3 Å². The average molecular weight is 235 g/mol. The maximum atomic E-state index is 10.7. The fourth-order valence-corrected chi connectivity index (χ4v) is 1.57. The van der Waals surface area contributed by atoms with Crippen LogP contribution in [0.4, 0.5) is 5.95 Å². The summed E-state index contributed by atoms with van der Waals surface area (Å²) in [5.41, 5.74) is 1.44. The number of anilines is 1. The van der Waals surface area contributed by atoms with Gasteiger partial charge in [0.05, 0.1) is 11.0 Å². The molecule has 1 unspecified atom stereocenters. The van der Waals surface area contributed by atoms with Gasteiger partial charge in [0.25, 0.3) is 0 Å². The normalized spacial score (nSPS) is 12.6. The smallest absolute Gasteiger partial charge is 0.325 e. The number of nitrogens with one attached hydrogen (secondary N) is 1. The quantitative estimate of drug-likeness (QED) is 0.743. The predicted molar refractivity (Wildman–Crippen MR) is 63.1 cm³/mol. The third-order valence-corrected chi connectivity index (χ3v) is 2.58. The second-order valence-corrected chi connectivity index (χ2v) is 3.87. The summed E-state index contributed by atoms with van der Waals surface area (Å²) in [5, 5.41) is 20.9. The van der Waals surface area contributed by atoms with Crippen LogP contribution in [0.2, 0.25) is 0 Å². The van der Waals surface area contributed by atoms with Gasteiger partial charge in [-0.05, 0) is 19.1 Å². The Morgan fingerprint density at radius 2 is 2.24 bits per heavy atom. The van der Waals surface area contributed by atoms with Crippen LogP contribution in [0.1, 0.15) is 6.92 Å². The fraction of sp³-hybridized carbons (Fsp3) is 0.273. The number of aryl methyl sites for hydroxylation is 1. The van der Waals surface area contributed by atoms with Gasteiger partial charge in [-0.25, -0.2) is 4.98 Å². The summed E-state index contributed by atoms with van der Waals surface area (Å²) in [6.07, 6.45) is 0. The number of carboxylic acid groups (broad SMARTS) is 1. The zero-order valence-corrected chi connectivity index (χ0v) is 9.51. The number of carbonyl (C=O) groups is 1. The summed E-state index contributed by atoms with van der Waals surface area (Å²) in [7, 11) is 1.78. The highest BCUT2D eigenvalue weighted by atomic mass is 16.4. The Balaban J connectivity index is 2.42. The zero-order chi connectivity index (χ0) is 12.6. The first-order chi connectivity index (χ1) is 7.99. The van der Waals surface area contributed by atoms with Crippen molar-refractivity contribution in [2.75, 3.05) is 5.32 Å². The van der Waals surface area contributed by atoms with Crippen LogP contribution in [-0.4, -0.2) is 31.8 Å². The van der Waals surface area contributed by atoms with Crippen molar-refractivity contribution in [1.82, 2.24) is 9.55 Å². The van der Waals surface area contributed by atoms with Gasteiger partial charge in [0, 0.05) is 13.1 Å². The molecule has 0 fully saturated rings. The van der Waals surface area contributed by atoms with Crippen LogP contribution >= 0.6 is 0 Å². The number of aromatic nitrogens is 2. The minimum absolute atomic E-state index is 0.133. The number of rotatable bonds is 3. The van der Waals surface area contributed by atoms with Crippen molar-refractivity contribution in [2.24, 2.45) is 7.05 Å². The standard InChI is InChI=1S/C11H13N3O3/c1-6(10(16)17)12-11-13-8-5-7(15)3-4-9(8)14(11)2/h3-6,15H,1-2H3,(H,12,13)(H,16,17). The van der Waals surface area contributed by atoms with Crippen molar-refractivity contribution in [3.63, 3.8) is 0 Å². The molecule has 0 aliphatic heterocycles. The lowest BCUT2D eigenvalue weighted by molar-refractivity contribution is -0.137. The number of nitrogens with zero attached hydrogens (tertiary/aromatic N) is 2. The molecule has 0 aliphatic rings. The number of hydrogen-bond acceptors (Lipinski definition) is 4. The number of phenolic OH excluding ortho intramolecular Hbond substituents is 1. The van der Waals surface area contributed by atoms with E-state index in [9.17, 15) is 9.90 Å². The van der Waals surface area contributed by atoms with Gasteiger partial charge >= 0.3 is 5.97 Å². The molecule has 0 radical (unpaired) electrons. The third kappa shape index (κ3) is 2.01. The number of imidazole rings is 1. The molecule has 2 rings (SSSR count). The molecule has 0 amide bonds. The van der Waals surface area contributed by atoms with Crippen LogP contribution in [-0.2, 0) is 11.8 Å². The van der Waals surface area contributed by atoms with Gasteiger partial charge in [0.2, 0.25) is 5.95 Å². The van der Waals surface area contributed by atoms with E-state index in [0.717, 1.165) is 5.52 Å². The highest BCUT2D eigenvalue weighted by Crippen LogP contribution is 2.22. The van der Waals surface area contributed by atoms with Gasteiger partial charge in [-0.2, -0.15) is 0 Å². The fourth-order valence-electron chi connectivity index (χ4n) is 1.57. The molecule has 6 heteroatoms. The molecule has 0 saturated heterocycles. The van der Waals surface area contributed by atoms with E-state index in [1.807, 2.05) is 0 Å². The monoisotopic (exact) mass is 235 g/mol. The molecule has 1 aromatic carbocycles. The second-order valence-electron chi connectivity index (χ2n) is 3.87. The third-order valence-electron chi connectivity index (χ3n) is 2.58. The van der Waals surface area contributed by atoms with Gasteiger partial charge in [-0.3, -0.25) is 4.79 Å². The van der Waals surface area contributed by atoms with Gasteiger partial charge in [-0.1, -0.05) is 0 Å². The van der Waals surface area contributed by atoms with E-state index < -0.39 is 12.0 Å². The van der Waals surface area contributed by atoms with Gasteiger partial charge in [-0.15, -0.1) is 0 Å². The van der Waals surface area contributed by atoms with Crippen LogP contribution < -0.4 is 5.32 Å². The Bertz CT molecular complexity index is 577. The van der Waals surface area contributed by atoms with E-state index in [4.69, 9.17) is 5.11 Å². The van der Waals surface area contributed by atoms with Crippen molar-refractivity contribution in [3.05, 3.63) is 18.2 Å². The topological polar surface area (TPSA) is 87.4 Å². The van der Waals surface area contributed by atoms with Crippen molar-refractivity contribution in [2.45, 2.75) is 13.0 Å². The summed E-state index contributed by atoms with van der Waals surface area (Å²) in [6, 6.07) is 4.10. The molecule has 0 saturated carbocycles. The molecule has 1 aromatic heterocycles. The summed E-state index contributed by atoms with van der Waals surface area (Å²) in [5.74, 6) is -0.353. The minimum atomic E-state index is -0.945. The van der Waals surface area contributed by atoms with E-state index in [-0.39, 0.29) is 5.75 Å². The van der Waals surface area contributed by atoms with Crippen LogP contribution in [0.3, 0.4) is 0 Å². The van der Waals surface area contributed by atoms with Crippen molar-refractivity contribution >= 4 is 23.0 Å². The minimum Gasteiger partial charge on any atom is -0.508 e. The Morgan fingerprint density at radius 3 is 2.88 bits per heavy atom. The Labute approximate surface area is 97.5 Å². The molecular formula is C11H13N3O3. The first-order valence-electron chi connectivity index (χ1n) is 5.14. The molecule has 2 aromatic rings. The molecule has 6 nitrogen and oxygen atoms in total. The average Bonchev–Trinajstić information content (AvgIpc) is 2.55. The largest absolute Gasteiger partial charge is 0.508 e. The zero-order valence-electron chi connectivity index (χ0n) is 9.51. The number of hydrogen-bond donors (Lipinski definition) is 3. The lowest BCUT2D eigenvalue weighted by atomic mass is 10.3. The lowest BCUT2D eigenvalue weighted by Gasteiger charge is -2.09. The van der Waals surface area contributed by atoms with E-state index in [0.29, 0.717) is 11.5 Å². The molecule has 1 heterocycles. The Hall–Kier alpha value is -2.24. The lowest BCUT2D eigenvalue weighted by Crippen LogP contribution is -2.26. The number of aliphatic carboxylic acids is 1. The van der Waals surface area contributed by atoms with Gasteiger partial charge in [0.15, 0.2) is 0 Å². The van der Waals surface area contributed by atoms with Crippen molar-refractivity contribution in [3.8, 4) is 5.75 Å². The molecule has 1 atom stereocenters. The molecule has 0 bridgehead atoms. The van der Waals surface area contributed by atoms with Crippen LogP contribution in [0.15, 0.2) is 18.2 Å². The van der Waals surface area contributed by atoms with Gasteiger partial charge in [0.1, 0.15) is 11.8 Å². The van der Waals surface area contributed by atoms with Crippen LogP contribution in [0.25, 0.3) is 11.0 Å². The van der Waals surface area contributed by atoms with Crippen molar-refractivity contribution < 1.29 is 15.0 Å². The highest BCUT2D eigenvalue weighted by Gasteiger charge is 2.14. The number of benzene rings is 1. The Morgan fingerprint density at radius 1 is 1.53 bits per heavy atom. The number of aromatic hydroxyl groups is 1. The molecular weight excluding hydrogens is 222 g/mol. The maximum absolute atomic E-state index is 10.7. The first-order valence-corrected chi connectivity index (χ1v) is 5.14. The molecule has 3 N–H and O–H groups in total. The predicted octanol–water partition coefficient (Wildman–Crippen LogP) is 1.16. The van der Waals surface area contributed by atoms with E-state index in [1.54, 1.807) is 30.7 Å². The number of phenols is 1. The van der Waals surface area contributed by atoms with Gasteiger partial charge < -0.3 is 20.1 Å². The van der Waals surface area contributed by atoms with Crippen LogP contribution in [0.5, 0.6) is 5.75 Å². The van der Waals surface area contributed by atoms with Crippen LogP contribution in [0, 0.1) is 0 Å². The Kier molecular flexibility index (Phi) is 2.63. The summed E-state index contributed by atoms with van der Waals surface area (Å²) in [4.78, 5) is 15.0. The maximum Gasteiger partial charge on any atom is 0.325 e. The van der Waals surface area contributed by atoms with Crippen molar-refractivity contribution in [1.29, 1.82) is 0 Å². The highest BCUT2D eigenvalue weighted by molar-refractivity contribution is 5.81. The summed E-state index contributed by atoms with van der Waals surface area (Å²) < 4.78 is 1.74. The second kappa shape index (κ2) is 3.97. The SMILES string of the molecule is CC(Nc1nc2cc(O)ccc2n1C)C(=O)O. The number of fused-ring (bicyclic) bond motifs is 1. The molecule has 0 aliphatic carbocycles. The first kappa shape index (κ1) is 11.3. The summed E-state index contributed by atoms with van der Waals surface area (Å²) >= 11 is 0. The van der Waals surface area contributed by atoms with E-state index >= 15 is 0 Å². The number of carboxylic acids is 1. The molecule has 90 valence electrons. The molecule has 0 spiro atoms. The van der Waals surface area contributed by atoms with E-state index in [1.165, 1.54) is 6.07 Å².